The smallest absolute Gasteiger partial charge is 0.156 e. The molecule has 1 saturated heterocycles. The Morgan fingerprint density at radius 3 is 2.35 bits per heavy atom. The molecule has 0 radical (unpaired) electrons. The first-order valence-electron chi connectivity index (χ1n) is 14.6. The molecular formula is C34H45NO2. The number of benzene rings is 1. The van der Waals surface area contributed by atoms with E-state index in [1.54, 1.807) is 5.57 Å². The Hall–Kier alpha value is -2.31. The Labute approximate surface area is 224 Å². The van der Waals surface area contributed by atoms with Crippen LogP contribution in [0.15, 0.2) is 47.1 Å². The highest BCUT2D eigenvalue weighted by molar-refractivity contribution is 5.93. The average molecular weight is 500 g/mol. The van der Waals surface area contributed by atoms with Crippen molar-refractivity contribution in [3.05, 3.63) is 52.6 Å². The molecule has 6 rings (SSSR count). The van der Waals surface area contributed by atoms with E-state index in [1.807, 2.05) is 26.8 Å². The second-order valence-electron chi connectivity index (χ2n) is 13.4. The molecule has 3 nitrogen and oxygen atoms in total. The lowest BCUT2D eigenvalue weighted by Gasteiger charge is -2.52. The number of aliphatic hydroxyl groups is 1. The lowest BCUT2D eigenvalue weighted by molar-refractivity contribution is -0.114. The number of ketones is 1. The molecule has 1 N–H and O–H groups in total. The van der Waals surface area contributed by atoms with Gasteiger partial charge in [-0.1, -0.05) is 24.6 Å². The fourth-order valence-electron chi connectivity index (χ4n) is 7.82. The molecule has 3 fully saturated rings. The highest BCUT2D eigenvalue weighted by atomic mass is 16.3. The summed E-state index contributed by atoms with van der Waals surface area (Å²) < 4.78 is 0. The van der Waals surface area contributed by atoms with Crippen LogP contribution in [0.3, 0.4) is 0 Å². The summed E-state index contributed by atoms with van der Waals surface area (Å²) in [7, 11) is 0. The van der Waals surface area contributed by atoms with E-state index in [9.17, 15) is 9.90 Å². The van der Waals surface area contributed by atoms with E-state index in [0.29, 0.717) is 30.0 Å². The van der Waals surface area contributed by atoms with Crippen LogP contribution in [0, 0.1) is 35.0 Å². The van der Waals surface area contributed by atoms with Crippen molar-refractivity contribution < 1.29 is 9.90 Å². The minimum atomic E-state index is -0.180. The summed E-state index contributed by atoms with van der Waals surface area (Å²) in [5.41, 5.74) is 7.31. The van der Waals surface area contributed by atoms with Crippen molar-refractivity contribution in [2.45, 2.75) is 97.5 Å². The Bertz CT molecular complexity index is 1120. The van der Waals surface area contributed by atoms with Crippen LogP contribution in [-0.2, 0) is 4.79 Å². The van der Waals surface area contributed by atoms with E-state index >= 15 is 0 Å². The molecule has 2 saturated carbocycles. The van der Waals surface area contributed by atoms with Crippen molar-refractivity contribution in [1.29, 1.82) is 0 Å². The number of fused-ring (bicyclic) bond motifs is 4. The molecule has 1 aliphatic heterocycles. The lowest BCUT2D eigenvalue weighted by Crippen LogP contribution is -2.45. The lowest BCUT2D eigenvalue weighted by atomic mass is 9.53. The van der Waals surface area contributed by atoms with Crippen molar-refractivity contribution in [3.63, 3.8) is 0 Å². The number of carbonyl (C=O) groups is 1. The van der Waals surface area contributed by atoms with Gasteiger partial charge >= 0.3 is 0 Å². The Morgan fingerprint density at radius 2 is 1.70 bits per heavy atom. The SMILES string of the molecule is C#CC(C)(C)C.CC12CC(c3ccc(N4CCCC4)cc3)C3=C4CCC(=O)C=C4CCC3C1CCC2O. The van der Waals surface area contributed by atoms with E-state index in [2.05, 4.69) is 42.0 Å². The first-order chi connectivity index (χ1) is 17.6. The molecule has 0 amide bonds. The number of anilines is 1. The number of hydrogen-bond donors (Lipinski definition) is 1. The van der Waals surface area contributed by atoms with Gasteiger partial charge in [0, 0.05) is 36.5 Å². The number of allylic oxidation sites excluding steroid dienone is 4. The molecule has 3 heteroatoms. The Morgan fingerprint density at radius 1 is 1.03 bits per heavy atom. The number of aliphatic hydroxyl groups excluding tert-OH is 1. The maximum absolute atomic E-state index is 12.1. The highest BCUT2D eigenvalue weighted by Gasteiger charge is 2.56. The van der Waals surface area contributed by atoms with Gasteiger partial charge in [0.25, 0.3) is 0 Å². The summed E-state index contributed by atoms with van der Waals surface area (Å²) in [5, 5.41) is 11.0. The molecular weight excluding hydrogens is 454 g/mol. The first-order valence-corrected chi connectivity index (χ1v) is 14.6. The van der Waals surface area contributed by atoms with Gasteiger partial charge in [0.05, 0.1) is 6.10 Å². The number of terminal acetylenes is 1. The Kier molecular flexibility index (Phi) is 7.18. The molecule has 5 atom stereocenters. The van der Waals surface area contributed by atoms with Gasteiger partial charge in [-0.3, -0.25) is 4.79 Å². The monoisotopic (exact) mass is 499 g/mol. The van der Waals surface area contributed by atoms with Gasteiger partial charge in [-0.15, -0.1) is 12.3 Å². The summed E-state index contributed by atoms with van der Waals surface area (Å²) in [6.45, 7) is 10.7. The van der Waals surface area contributed by atoms with E-state index in [0.717, 1.165) is 38.5 Å². The van der Waals surface area contributed by atoms with Crippen LogP contribution in [0.5, 0.6) is 0 Å². The molecule has 0 bridgehead atoms. The van der Waals surface area contributed by atoms with Crippen LogP contribution in [0.25, 0.3) is 0 Å². The minimum absolute atomic E-state index is 0.0126. The third-order valence-electron chi connectivity index (χ3n) is 9.88. The van der Waals surface area contributed by atoms with E-state index in [-0.39, 0.29) is 16.9 Å². The fraction of sp³-hybridized carbons (Fsp3) is 0.618. The van der Waals surface area contributed by atoms with E-state index in [1.165, 1.54) is 48.3 Å². The molecule has 4 aliphatic carbocycles. The molecule has 5 aliphatic rings. The Balaban J connectivity index is 0.000000421. The minimum Gasteiger partial charge on any atom is -0.393 e. The van der Waals surface area contributed by atoms with Crippen LogP contribution < -0.4 is 4.90 Å². The molecule has 1 aromatic rings. The van der Waals surface area contributed by atoms with Crippen molar-refractivity contribution >= 4 is 11.5 Å². The molecule has 0 spiro atoms. The predicted octanol–water partition coefficient (Wildman–Crippen LogP) is 7.21. The quantitative estimate of drug-likeness (QED) is 0.437. The zero-order chi connectivity index (χ0) is 26.4. The predicted molar refractivity (Wildman–Crippen MR) is 152 cm³/mol. The maximum atomic E-state index is 12.1. The van der Waals surface area contributed by atoms with E-state index in [4.69, 9.17) is 6.42 Å². The van der Waals surface area contributed by atoms with Crippen LogP contribution in [-0.4, -0.2) is 30.1 Å². The van der Waals surface area contributed by atoms with Gasteiger partial charge in [0.15, 0.2) is 5.78 Å². The fourth-order valence-corrected chi connectivity index (χ4v) is 7.82. The second-order valence-corrected chi connectivity index (χ2v) is 13.4. The topological polar surface area (TPSA) is 40.5 Å². The molecule has 1 heterocycles. The standard InChI is InChI=1S/C28H35NO2.C6H10/c1-28-17-24(18-4-7-20(8-5-18)29-14-2-3-15-29)27-22-11-9-21(30)16-19(22)6-10-23(27)25(28)12-13-26(28)31;1-5-6(2,3)4/h4-5,7-8,16,23-26,31H,2-3,6,9-15,17H2,1H3;1H,2-4H3. The second kappa shape index (κ2) is 10.1. The van der Waals surface area contributed by atoms with Crippen LogP contribution in [0.1, 0.15) is 97.0 Å². The van der Waals surface area contributed by atoms with Gasteiger partial charge in [-0.25, -0.2) is 0 Å². The summed E-state index contributed by atoms with van der Waals surface area (Å²) in [5.74, 6) is 4.44. The third kappa shape index (κ3) is 5.07. The zero-order valence-corrected chi connectivity index (χ0v) is 23.4. The van der Waals surface area contributed by atoms with Gasteiger partial charge in [-0.05, 0) is 124 Å². The van der Waals surface area contributed by atoms with Crippen molar-refractivity contribution in [3.8, 4) is 12.3 Å². The third-order valence-corrected chi connectivity index (χ3v) is 9.88. The van der Waals surface area contributed by atoms with Crippen molar-refractivity contribution in [2.24, 2.45) is 22.7 Å². The molecule has 37 heavy (non-hydrogen) atoms. The van der Waals surface area contributed by atoms with Gasteiger partial charge < -0.3 is 10.0 Å². The van der Waals surface area contributed by atoms with Crippen LogP contribution in [0.4, 0.5) is 5.69 Å². The normalized spacial score (nSPS) is 33.0. The number of hydrogen-bond acceptors (Lipinski definition) is 3. The summed E-state index contributed by atoms with van der Waals surface area (Å²) in [6, 6.07) is 9.37. The van der Waals surface area contributed by atoms with Crippen molar-refractivity contribution in [1.82, 2.24) is 0 Å². The summed E-state index contributed by atoms with van der Waals surface area (Å²) >= 11 is 0. The van der Waals surface area contributed by atoms with Crippen molar-refractivity contribution in [2.75, 3.05) is 18.0 Å². The van der Waals surface area contributed by atoms with Gasteiger partial charge in [-0.2, -0.15) is 0 Å². The zero-order valence-electron chi connectivity index (χ0n) is 23.4. The average Bonchev–Trinajstić information content (AvgIpc) is 3.52. The molecule has 198 valence electrons. The molecule has 5 unspecified atom stereocenters. The molecule has 1 aromatic carbocycles. The summed E-state index contributed by atoms with van der Waals surface area (Å²) in [6.07, 6.45) is 16.3. The van der Waals surface area contributed by atoms with Crippen LogP contribution in [0.2, 0.25) is 0 Å². The van der Waals surface area contributed by atoms with E-state index < -0.39 is 0 Å². The van der Waals surface area contributed by atoms with Gasteiger partial charge in [0.2, 0.25) is 0 Å². The van der Waals surface area contributed by atoms with Crippen LogP contribution >= 0.6 is 0 Å². The largest absolute Gasteiger partial charge is 0.393 e. The molecule has 0 aromatic heterocycles. The first kappa shape index (κ1) is 26.3. The maximum Gasteiger partial charge on any atom is 0.156 e. The van der Waals surface area contributed by atoms with Gasteiger partial charge in [0.1, 0.15) is 0 Å². The number of carbonyl (C=O) groups excluding carboxylic acids is 1. The number of rotatable bonds is 2. The number of nitrogens with zero attached hydrogens (tertiary/aromatic N) is 1. The summed E-state index contributed by atoms with van der Waals surface area (Å²) in [4.78, 5) is 14.6. The highest BCUT2D eigenvalue weighted by Crippen LogP contribution is 2.63.